The number of hydrogen-bond donors (Lipinski definition) is 1. The van der Waals surface area contributed by atoms with E-state index in [-0.39, 0.29) is 0 Å². The second-order valence-corrected chi connectivity index (χ2v) is 4.58. The number of rotatable bonds is 0. The molecule has 0 saturated heterocycles. The van der Waals surface area contributed by atoms with Crippen LogP contribution in [0.2, 0.25) is 0 Å². The van der Waals surface area contributed by atoms with Crippen LogP contribution in [0.1, 0.15) is 5.56 Å². The molecular weight excluding hydrogens is 234 g/mol. The van der Waals surface area contributed by atoms with Crippen molar-refractivity contribution in [3.63, 3.8) is 0 Å². The van der Waals surface area contributed by atoms with Crippen molar-refractivity contribution < 1.29 is 0 Å². The molecule has 1 nitrogen and oxygen atoms in total. The average Bonchev–Trinajstić information content (AvgIpc) is 2.32. The highest BCUT2D eigenvalue weighted by Gasteiger charge is 2.07. The minimum Gasteiger partial charge on any atom is -0.390 e. The molecule has 2 N–H and O–H groups in total. The molecule has 0 spiro atoms. The maximum absolute atomic E-state index is 5.79. The molecule has 0 aliphatic heterocycles. The standard InChI is InChI=1S/C9H8BrNS/c1-5-3-2-4-6-7(10)9(11)12-8(5)6/h2-4H,11H2,1H3. The first-order chi connectivity index (χ1) is 5.70. The van der Waals surface area contributed by atoms with E-state index in [4.69, 9.17) is 5.73 Å². The normalized spacial score (nSPS) is 10.8. The second kappa shape index (κ2) is 2.75. The van der Waals surface area contributed by atoms with Gasteiger partial charge in [-0.3, -0.25) is 0 Å². The molecule has 0 amide bonds. The fraction of sp³-hybridized carbons (Fsp3) is 0.111. The quantitative estimate of drug-likeness (QED) is 0.751. The maximum Gasteiger partial charge on any atom is 0.101 e. The lowest BCUT2D eigenvalue weighted by molar-refractivity contribution is 1.56. The van der Waals surface area contributed by atoms with E-state index in [1.807, 2.05) is 0 Å². The number of aryl methyl sites for hydroxylation is 1. The Morgan fingerprint density at radius 2 is 2.17 bits per heavy atom. The summed E-state index contributed by atoms with van der Waals surface area (Å²) in [6.45, 7) is 2.10. The van der Waals surface area contributed by atoms with Gasteiger partial charge in [0.05, 0.1) is 4.47 Å². The SMILES string of the molecule is Cc1cccc2c(Br)c(N)sc12. The van der Waals surface area contributed by atoms with E-state index >= 15 is 0 Å². The van der Waals surface area contributed by atoms with Gasteiger partial charge in [-0.05, 0) is 28.4 Å². The van der Waals surface area contributed by atoms with E-state index in [0.717, 1.165) is 9.47 Å². The number of hydrogen-bond acceptors (Lipinski definition) is 2. The lowest BCUT2D eigenvalue weighted by Gasteiger charge is -1.92. The summed E-state index contributed by atoms with van der Waals surface area (Å²) in [4.78, 5) is 0. The minimum absolute atomic E-state index is 0.860. The Morgan fingerprint density at radius 3 is 2.83 bits per heavy atom. The Bertz CT molecular complexity index is 433. The fourth-order valence-electron chi connectivity index (χ4n) is 1.25. The van der Waals surface area contributed by atoms with Crippen LogP contribution in [0.25, 0.3) is 10.1 Å². The van der Waals surface area contributed by atoms with Gasteiger partial charge in [-0.25, -0.2) is 0 Å². The Labute approximate surface area is 83.3 Å². The molecule has 62 valence electrons. The first-order valence-corrected chi connectivity index (χ1v) is 5.24. The number of nitrogen functional groups attached to an aromatic ring is 1. The molecular formula is C9H8BrNS. The number of nitrogens with two attached hydrogens (primary N) is 1. The number of halogens is 1. The third-order valence-corrected chi connectivity index (χ3v) is 4.16. The molecule has 0 radical (unpaired) electrons. The van der Waals surface area contributed by atoms with Gasteiger partial charge in [0.25, 0.3) is 0 Å². The van der Waals surface area contributed by atoms with Gasteiger partial charge in [0.1, 0.15) is 5.00 Å². The topological polar surface area (TPSA) is 26.0 Å². The van der Waals surface area contributed by atoms with Gasteiger partial charge in [0.2, 0.25) is 0 Å². The van der Waals surface area contributed by atoms with Crippen LogP contribution in [0.3, 0.4) is 0 Å². The molecule has 0 atom stereocenters. The molecule has 12 heavy (non-hydrogen) atoms. The summed E-state index contributed by atoms with van der Waals surface area (Å²) in [6, 6.07) is 6.23. The smallest absolute Gasteiger partial charge is 0.101 e. The summed E-state index contributed by atoms with van der Waals surface area (Å²) >= 11 is 5.11. The number of thiophene rings is 1. The second-order valence-electron chi connectivity index (χ2n) is 2.73. The highest BCUT2D eigenvalue weighted by Crippen LogP contribution is 2.38. The van der Waals surface area contributed by atoms with Crippen molar-refractivity contribution in [2.24, 2.45) is 0 Å². The van der Waals surface area contributed by atoms with Crippen molar-refractivity contribution in [3.8, 4) is 0 Å². The summed E-state index contributed by atoms with van der Waals surface area (Å²) in [7, 11) is 0. The lowest BCUT2D eigenvalue weighted by Crippen LogP contribution is -1.76. The molecule has 3 heteroatoms. The van der Waals surface area contributed by atoms with E-state index in [1.54, 1.807) is 11.3 Å². The van der Waals surface area contributed by atoms with E-state index in [0.29, 0.717) is 0 Å². The molecule has 0 bridgehead atoms. The minimum atomic E-state index is 0.860. The Kier molecular flexibility index (Phi) is 1.85. The zero-order chi connectivity index (χ0) is 8.72. The van der Waals surface area contributed by atoms with E-state index in [1.165, 1.54) is 15.6 Å². The number of anilines is 1. The molecule has 0 aliphatic rings. The molecule has 2 rings (SSSR count). The highest BCUT2D eigenvalue weighted by atomic mass is 79.9. The van der Waals surface area contributed by atoms with Crippen LogP contribution in [0, 0.1) is 6.92 Å². The molecule has 1 aromatic carbocycles. The largest absolute Gasteiger partial charge is 0.390 e. The van der Waals surface area contributed by atoms with Gasteiger partial charge < -0.3 is 5.73 Å². The van der Waals surface area contributed by atoms with Gasteiger partial charge in [-0.15, -0.1) is 11.3 Å². The lowest BCUT2D eigenvalue weighted by atomic mass is 10.2. The summed E-state index contributed by atoms with van der Waals surface area (Å²) in [5, 5.41) is 2.08. The van der Waals surface area contributed by atoms with Crippen molar-refractivity contribution in [2.75, 3.05) is 5.73 Å². The van der Waals surface area contributed by atoms with Crippen LogP contribution >= 0.6 is 27.3 Å². The third-order valence-electron chi connectivity index (χ3n) is 1.88. The maximum atomic E-state index is 5.79. The molecule has 2 aromatic rings. The van der Waals surface area contributed by atoms with E-state index in [2.05, 4.69) is 41.1 Å². The van der Waals surface area contributed by atoms with Gasteiger partial charge >= 0.3 is 0 Å². The van der Waals surface area contributed by atoms with Crippen molar-refractivity contribution >= 4 is 42.4 Å². The van der Waals surface area contributed by atoms with Gasteiger partial charge in [0.15, 0.2) is 0 Å². The summed E-state index contributed by atoms with van der Waals surface area (Å²) in [5.74, 6) is 0. The molecule has 1 aromatic heterocycles. The molecule has 0 saturated carbocycles. The van der Waals surface area contributed by atoms with Crippen molar-refractivity contribution in [1.29, 1.82) is 0 Å². The summed E-state index contributed by atoms with van der Waals surface area (Å²) < 4.78 is 2.31. The average molecular weight is 242 g/mol. The zero-order valence-corrected chi connectivity index (χ0v) is 9.00. The molecule has 1 heterocycles. The summed E-state index contributed by atoms with van der Waals surface area (Å²) in [6.07, 6.45) is 0. The van der Waals surface area contributed by atoms with Crippen LogP contribution in [-0.2, 0) is 0 Å². The van der Waals surface area contributed by atoms with Crippen LogP contribution in [-0.4, -0.2) is 0 Å². The van der Waals surface area contributed by atoms with Crippen molar-refractivity contribution in [1.82, 2.24) is 0 Å². The van der Waals surface area contributed by atoms with E-state index < -0.39 is 0 Å². The van der Waals surface area contributed by atoms with Crippen LogP contribution in [0.4, 0.5) is 5.00 Å². The number of benzene rings is 1. The Morgan fingerprint density at radius 1 is 1.42 bits per heavy atom. The van der Waals surface area contributed by atoms with Gasteiger partial charge in [-0.1, -0.05) is 18.2 Å². The summed E-state index contributed by atoms with van der Waals surface area (Å²) in [5.41, 5.74) is 7.08. The van der Waals surface area contributed by atoms with Crippen LogP contribution in [0.15, 0.2) is 22.7 Å². The van der Waals surface area contributed by atoms with Gasteiger partial charge in [0, 0.05) is 10.1 Å². The highest BCUT2D eigenvalue weighted by molar-refractivity contribution is 9.10. The molecule has 0 unspecified atom stereocenters. The fourth-order valence-corrected chi connectivity index (χ4v) is 2.88. The molecule has 0 aliphatic carbocycles. The van der Waals surface area contributed by atoms with Crippen molar-refractivity contribution in [3.05, 3.63) is 28.2 Å². The predicted octanol–water partition coefficient (Wildman–Crippen LogP) is 3.55. The van der Waals surface area contributed by atoms with Crippen LogP contribution in [0.5, 0.6) is 0 Å². The Hall–Kier alpha value is -0.540. The molecule has 0 fully saturated rings. The zero-order valence-electron chi connectivity index (χ0n) is 6.60. The Balaban J connectivity index is 2.95. The van der Waals surface area contributed by atoms with Crippen LogP contribution < -0.4 is 5.73 Å². The number of fused-ring (bicyclic) bond motifs is 1. The van der Waals surface area contributed by atoms with Crippen molar-refractivity contribution in [2.45, 2.75) is 6.92 Å². The first-order valence-electron chi connectivity index (χ1n) is 3.63. The third kappa shape index (κ3) is 1.04. The predicted molar refractivity (Wildman–Crippen MR) is 58.7 cm³/mol. The first kappa shape index (κ1) is 8.08. The van der Waals surface area contributed by atoms with E-state index in [9.17, 15) is 0 Å². The monoisotopic (exact) mass is 241 g/mol. The van der Waals surface area contributed by atoms with Gasteiger partial charge in [-0.2, -0.15) is 0 Å².